The second-order valence-corrected chi connectivity index (χ2v) is 16.8. The third-order valence-electron chi connectivity index (χ3n) is 5.17. The zero-order chi connectivity index (χ0) is 26.2. The molecule has 0 spiro atoms. The molecule has 0 fully saturated rings. The predicted octanol–water partition coefficient (Wildman–Crippen LogP) is 7.81. The minimum Gasteiger partial charge on any atom is -0.344 e. The van der Waals surface area contributed by atoms with Crippen LogP contribution in [0.2, 0.25) is 0 Å². The standard InChI is InChI=1S/3C8H19O2P.2Al/c3*1-3-5-7-11(9,10)8-6-4-2;;/h3*3-8H2,1-2H3,(H,9,10);;/q;;;2*+3. The van der Waals surface area contributed by atoms with Crippen molar-refractivity contribution in [1.82, 2.24) is 0 Å². The van der Waals surface area contributed by atoms with E-state index in [1.807, 2.05) is 41.5 Å². The molecule has 0 unspecified atom stereocenters. The van der Waals surface area contributed by atoms with E-state index < -0.39 is 22.1 Å². The van der Waals surface area contributed by atoms with Crippen molar-refractivity contribution in [3.8, 4) is 0 Å². The van der Waals surface area contributed by atoms with Crippen LogP contribution in [0.5, 0.6) is 0 Å². The largest absolute Gasteiger partial charge is 3.00 e. The first-order valence-electron chi connectivity index (χ1n) is 13.3. The molecule has 3 N–H and O–H groups in total. The van der Waals surface area contributed by atoms with Crippen LogP contribution < -0.4 is 0 Å². The Hall–Kier alpha value is 1.63. The molecular weight excluding hydrogens is 531 g/mol. The zero-order valence-electron chi connectivity index (χ0n) is 23.8. The van der Waals surface area contributed by atoms with Gasteiger partial charge in [0.15, 0.2) is 0 Å². The van der Waals surface area contributed by atoms with Crippen molar-refractivity contribution in [1.29, 1.82) is 0 Å². The van der Waals surface area contributed by atoms with Gasteiger partial charge in [0, 0.05) is 37.0 Å². The van der Waals surface area contributed by atoms with Crippen LogP contribution in [0.15, 0.2) is 0 Å². The first-order valence-corrected chi connectivity index (χ1v) is 19.4. The molecule has 0 aliphatic carbocycles. The van der Waals surface area contributed by atoms with Crippen molar-refractivity contribution in [2.24, 2.45) is 0 Å². The van der Waals surface area contributed by atoms with Crippen molar-refractivity contribution >= 4 is 56.8 Å². The van der Waals surface area contributed by atoms with E-state index in [-0.39, 0.29) is 34.7 Å². The van der Waals surface area contributed by atoms with Gasteiger partial charge in [-0.15, -0.1) is 0 Å². The van der Waals surface area contributed by atoms with Gasteiger partial charge in [-0.2, -0.15) is 0 Å². The quantitative estimate of drug-likeness (QED) is 0.111. The van der Waals surface area contributed by atoms with Gasteiger partial charge in [-0.3, -0.25) is 13.7 Å². The second kappa shape index (κ2) is 30.2. The Labute approximate surface area is 239 Å². The fraction of sp³-hybridized carbons (Fsp3) is 1.00. The second-order valence-electron chi connectivity index (χ2n) is 9.00. The molecule has 6 nitrogen and oxygen atoms in total. The van der Waals surface area contributed by atoms with Crippen LogP contribution in [0.4, 0.5) is 0 Å². The molecule has 0 aromatic carbocycles. The molecule has 0 saturated carbocycles. The molecule has 0 rings (SSSR count). The summed E-state index contributed by atoms with van der Waals surface area (Å²) in [4.78, 5) is 28.0. The average Bonchev–Trinajstić information content (AvgIpc) is 2.77. The van der Waals surface area contributed by atoms with Crippen LogP contribution >= 0.6 is 22.1 Å². The Bertz CT molecular complexity index is 453. The van der Waals surface area contributed by atoms with Crippen molar-refractivity contribution in [2.45, 2.75) is 119 Å². The van der Waals surface area contributed by atoms with E-state index in [0.717, 1.165) is 77.0 Å². The molecule has 0 amide bonds. The SMILES string of the molecule is CCCCP(=O)(O)CCCC.CCCCP(=O)(O)CCCC.CCCCP(=O)(O)CCCC.[Al+3].[Al+3]. The topological polar surface area (TPSA) is 112 Å². The van der Waals surface area contributed by atoms with Gasteiger partial charge in [0.25, 0.3) is 0 Å². The van der Waals surface area contributed by atoms with Gasteiger partial charge >= 0.3 is 34.7 Å². The Balaban J connectivity index is -0.000000125. The Morgan fingerprint density at radius 1 is 0.371 bits per heavy atom. The van der Waals surface area contributed by atoms with E-state index in [0.29, 0.717) is 37.0 Å². The van der Waals surface area contributed by atoms with Crippen molar-refractivity contribution in [3.05, 3.63) is 0 Å². The molecule has 0 aromatic heterocycles. The summed E-state index contributed by atoms with van der Waals surface area (Å²) in [5, 5.41) is 0. The fourth-order valence-corrected chi connectivity index (χ4v) is 8.30. The first kappa shape index (κ1) is 46.5. The minimum absolute atomic E-state index is 0. The summed E-state index contributed by atoms with van der Waals surface area (Å²) in [6, 6.07) is 0. The average molecular weight is 589 g/mol. The monoisotopic (exact) mass is 588 g/mol. The molecule has 0 aliphatic rings. The van der Waals surface area contributed by atoms with E-state index in [1.165, 1.54) is 0 Å². The maximum absolute atomic E-state index is 11.3. The third-order valence-corrected chi connectivity index (χ3v) is 11.3. The van der Waals surface area contributed by atoms with Gasteiger partial charge in [-0.25, -0.2) is 0 Å². The summed E-state index contributed by atoms with van der Waals surface area (Å²) in [6.45, 7) is 12.2. The number of hydrogen-bond donors (Lipinski definition) is 3. The molecule has 204 valence electrons. The summed E-state index contributed by atoms with van der Waals surface area (Å²) in [5.41, 5.74) is 0. The third kappa shape index (κ3) is 40.3. The summed E-state index contributed by atoms with van der Waals surface area (Å²) in [5.74, 6) is 0. The zero-order valence-corrected chi connectivity index (χ0v) is 28.8. The summed E-state index contributed by atoms with van der Waals surface area (Å²) in [6.07, 6.45) is 14.5. The van der Waals surface area contributed by atoms with Crippen LogP contribution in [-0.4, -0.2) is 86.4 Å². The van der Waals surface area contributed by atoms with E-state index in [9.17, 15) is 28.4 Å². The molecular formula is C24H57Al2O6P3+6. The maximum Gasteiger partial charge on any atom is 3.00 e. The van der Waals surface area contributed by atoms with Gasteiger partial charge in [0.05, 0.1) is 0 Å². The minimum atomic E-state index is -2.73. The number of rotatable bonds is 18. The molecule has 0 radical (unpaired) electrons. The van der Waals surface area contributed by atoms with E-state index in [1.54, 1.807) is 0 Å². The van der Waals surface area contributed by atoms with Crippen LogP contribution in [0, 0.1) is 0 Å². The van der Waals surface area contributed by atoms with Gasteiger partial charge in [0.1, 0.15) is 0 Å². The molecule has 0 atom stereocenters. The first-order chi connectivity index (χ1) is 15.4. The van der Waals surface area contributed by atoms with Crippen LogP contribution in [-0.2, 0) is 13.7 Å². The summed E-state index contributed by atoms with van der Waals surface area (Å²) >= 11 is 0. The summed E-state index contributed by atoms with van der Waals surface area (Å²) < 4.78 is 33.9. The van der Waals surface area contributed by atoms with E-state index >= 15 is 0 Å². The number of hydrogen-bond acceptors (Lipinski definition) is 3. The van der Waals surface area contributed by atoms with E-state index in [4.69, 9.17) is 0 Å². The molecule has 0 heterocycles. The van der Waals surface area contributed by atoms with Crippen molar-refractivity contribution in [3.63, 3.8) is 0 Å². The maximum atomic E-state index is 11.3. The molecule has 0 saturated heterocycles. The molecule has 11 heteroatoms. The van der Waals surface area contributed by atoms with Crippen LogP contribution in [0.1, 0.15) is 119 Å². The van der Waals surface area contributed by atoms with Gasteiger partial charge in [0.2, 0.25) is 22.1 Å². The van der Waals surface area contributed by atoms with Crippen molar-refractivity contribution in [2.75, 3.05) is 37.0 Å². The smallest absolute Gasteiger partial charge is 0.344 e. The summed E-state index contributed by atoms with van der Waals surface area (Å²) in [7, 11) is -8.18. The van der Waals surface area contributed by atoms with Crippen LogP contribution in [0.25, 0.3) is 0 Å². The predicted molar refractivity (Wildman–Crippen MR) is 160 cm³/mol. The fourth-order valence-electron chi connectivity index (χ4n) is 2.77. The number of unbranched alkanes of at least 4 members (excludes halogenated alkanes) is 6. The molecule has 0 bridgehead atoms. The van der Waals surface area contributed by atoms with Crippen LogP contribution in [0.3, 0.4) is 0 Å². The Kier molecular flexibility index (Phi) is 40.1. The molecule has 0 aliphatic heterocycles. The molecule has 35 heavy (non-hydrogen) atoms. The van der Waals surface area contributed by atoms with E-state index in [2.05, 4.69) is 0 Å². The van der Waals surface area contributed by atoms with Crippen molar-refractivity contribution < 1.29 is 28.4 Å². The van der Waals surface area contributed by atoms with Gasteiger partial charge in [-0.05, 0) is 38.5 Å². The molecule has 0 aromatic rings. The van der Waals surface area contributed by atoms with Gasteiger partial charge < -0.3 is 14.7 Å². The normalized spacial score (nSPS) is 11.2. The Morgan fingerprint density at radius 3 is 0.571 bits per heavy atom. The van der Waals surface area contributed by atoms with Gasteiger partial charge in [-0.1, -0.05) is 80.1 Å². The Morgan fingerprint density at radius 2 is 0.486 bits per heavy atom.